The first kappa shape index (κ1) is 20.5. The van der Waals surface area contributed by atoms with Crippen LogP contribution in [0.5, 0.6) is 0 Å². The van der Waals surface area contributed by atoms with E-state index in [2.05, 4.69) is 26.4 Å². The van der Waals surface area contributed by atoms with Crippen LogP contribution in [0.3, 0.4) is 0 Å². The molecular weight excluding hydrogens is 384 g/mol. The summed E-state index contributed by atoms with van der Waals surface area (Å²) in [5, 5.41) is 3.14. The summed E-state index contributed by atoms with van der Waals surface area (Å²) in [5.74, 6) is 1.50. The van der Waals surface area contributed by atoms with Crippen LogP contribution in [0.4, 0.5) is 6.01 Å². The lowest BCUT2D eigenvalue weighted by Crippen LogP contribution is -2.51. The zero-order chi connectivity index (χ0) is 20.1. The van der Waals surface area contributed by atoms with E-state index in [4.69, 9.17) is 4.42 Å². The Bertz CT molecular complexity index is 770. The SMILES string of the molecule is CSCCCNC(=O)C1CCCN(C2CCN(c3nc4ccccc4o3)CC2)C1. The van der Waals surface area contributed by atoms with Crippen molar-refractivity contribution >= 4 is 34.8 Å². The third kappa shape index (κ3) is 5.07. The van der Waals surface area contributed by atoms with E-state index in [0.717, 1.165) is 87.7 Å². The van der Waals surface area contributed by atoms with Crippen LogP contribution in [-0.2, 0) is 4.79 Å². The topological polar surface area (TPSA) is 61.6 Å². The van der Waals surface area contributed by atoms with E-state index in [1.165, 1.54) is 0 Å². The molecule has 29 heavy (non-hydrogen) atoms. The lowest BCUT2D eigenvalue weighted by Gasteiger charge is -2.41. The number of likely N-dealkylation sites (tertiary alicyclic amines) is 1. The first-order chi connectivity index (χ1) is 14.2. The van der Waals surface area contributed by atoms with Gasteiger partial charge in [0.15, 0.2) is 5.58 Å². The summed E-state index contributed by atoms with van der Waals surface area (Å²) in [6.07, 6.45) is 7.50. The van der Waals surface area contributed by atoms with Gasteiger partial charge in [0.2, 0.25) is 5.91 Å². The fourth-order valence-electron chi connectivity index (χ4n) is 4.54. The van der Waals surface area contributed by atoms with Gasteiger partial charge in [0.05, 0.1) is 5.92 Å². The molecule has 7 heteroatoms. The number of nitrogens with one attached hydrogen (secondary N) is 1. The number of piperidine rings is 2. The Morgan fingerprint density at radius 2 is 2.07 bits per heavy atom. The Balaban J connectivity index is 1.27. The van der Waals surface area contributed by atoms with Crippen molar-refractivity contribution in [1.82, 2.24) is 15.2 Å². The first-order valence-corrected chi connectivity index (χ1v) is 12.2. The van der Waals surface area contributed by atoms with Crippen LogP contribution < -0.4 is 10.2 Å². The number of amides is 1. The Hall–Kier alpha value is -1.73. The van der Waals surface area contributed by atoms with Gasteiger partial charge >= 0.3 is 0 Å². The molecule has 2 aliphatic heterocycles. The number of carbonyl (C=O) groups excluding carboxylic acids is 1. The van der Waals surface area contributed by atoms with Crippen LogP contribution in [0.1, 0.15) is 32.1 Å². The van der Waals surface area contributed by atoms with Gasteiger partial charge in [-0.3, -0.25) is 9.69 Å². The Morgan fingerprint density at radius 3 is 2.86 bits per heavy atom. The molecule has 0 spiro atoms. The van der Waals surface area contributed by atoms with E-state index in [1.807, 2.05) is 36.0 Å². The minimum Gasteiger partial charge on any atom is -0.423 e. The van der Waals surface area contributed by atoms with Crippen molar-refractivity contribution in [2.24, 2.45) is 5.92 Å². The third-order valence-corrected chi connectivity index (χ3v) is 6.88. The van der Waals surface area contributed by atoms with Crippen LogP contribution in [0, 0.1) is 5.92 Å². The Morgan fingerprint density at radius 1 is 1.24 bits per heavy atom. The van der Waals surface area contributed by atoms with Crippen LogP contribution in [-0.4, -0.2) is 66.6 Å². The molecule has 2 saturated heterocycles. The van der Waals surface area contributed by atoms with E-state index in [-0.39, 0.29) is 11.8 Å². The zero-order valence-electron chi connectivity index (χ0n) is 17.3. The second kappa shape index (κ2) is 9.85. The first-order valence-electron chi connectivity index (χ1n) is 10.9. The van der Waals surface area contributed by atoms with Gasteiger partial charge in [0.25, 0.3) is 6.01 Å². The number of para-hydroxylation sites is 2. The molecule has 2 aliphatic rings. The minimum atomic E-state index is 0.146. The van der Waals surface area contributed by atoms with Crippen molar-refractivity contribution in [3.05, 3.63) is 24.3 Å². The zero-order valence-corrected chi connectivity index (χ0v) is 18.1. The van der Waals surface area contributed by atoms with Gasteiger partial charge in [-0.2, -0.15) is 16.7 Å². The molecule has 0 aliphatic carbocycles. The van der Waals surface area contributed by atoms with E-state index >= 15 is 0 Å². The highest BCUT2D eigenvalue weighted by molar-refractivity contribution is 7.98. The molecule has 1 atom stereocenters. The van der Waals surface area contributed by atoms with Crippen LogP contribution in [0.25, 0.3) is 11.1 Å². The molecule has 1 amide bonds. The molecule has 0 radical (unpaired) electrons. The largest absolute Gasteiger partial charge is 0.423 e. The van der Waals surface area contributed by atoms with Gasteiger partial charge in [-0.15, -0.1) is 0 Å². The summed E-state index contributed by atoms with van der Waals surface area (Å²) < 4.78 is 5.94. The van der Waals surface area contributed by atoms with Gasteiger partial charge < -0.3 is 14.6 Å². The average molecular weight is 417 g/mol. The number of oxazole rings is 1. The molecule has 1 N–H and O–H groups in total. The average Bonchev–Trinajstić information content (AvgIpc) is 3.21. The number of anilines is 1. The van der Waals surface area contributed by atoms with E-state index in [0.29, 0.717) is 6.04 Å². The molecular formula is C22H32N4O2S. The summed E-state index contributed by atoms with van der Waals surface area (Å²) in [6, 6.07) is 9.24. The van der Waals surface area contributed by atoms with Crippen molar-refractivity contribution in [1.29, 1.82) is 0 Å². The molecule has 158 valence electrons. The number of rotatable bonds is 7. The Kier molecular flexibility index (Phi) is 6.98. The van der Waals surface area contributed by atoms with Gasteiger partial charge in [-0.05, 0) is 62.8 Å². The van der Waals surface area contributed by atoms with Crippen LogP contribution >= 0.6 is 11.8 Å². The number of carbonyl (C=O) groups is 1. The normalized spacial score (nSPS) is 21.6. The number of thioether (sulfide) groups is 1. The monoisotopic (exact) mass is 416 g/mol. The fraction of sp³-hybridized carbons (Fsp3) is 0.636. The number of hydrogen-bond donors (Lipinski definition) is 1. The molecule has 0 bridgehead atoms. The third-order valence-electron chi connectivity index (χ3n) is 6.18. The predicted molar refractivity (Wildman–Crippen MR) is 120 cm³/mol. The van der Waals surface area contributed by atoms with Crippen LogP contribution in [0.15, 0.2) is 28.7 Å². The molecule has 1 aromatic heterocycles. The lowest BCUT2D eigenvalue weighted by atomic mass is 9.93. The van der Waals surface area contributed by atoms with E-state index in [1.54, 1.807) is 0 Å². The highest BCUT2D eigenvalue weighted by Crippen LogP contribution is 2.28. The summed E-state index contributed by atoms with van der Waals surface area (Å²) in [6.45, 7) is 4.74. The smallest absolute Gasteiger partial charge is 0.298 e. The summed E-state index contributed by atoms with van der Waals surface area (Å²) in [4.78, 5) is 22.0. The highest BCUT2D eigenvalue weighted by atomic mass is 32.2. The molecule has 2 fully saturated rings. The molecule has 2 aromatic rings. The van der Waals surface area contributed by atoms with Crippen molar-refractivity contribution in [2.45, 2.75) is 38.1 Å². The van der Waals surface area contributed by atoms with Crippen molar-refractivity contribution in [2.75, 3.05) is 49.6 Å². The van der Waals surface area contributed by atoms with E-state index < -0.39 is 0 Å². The molecule has 6 nitrogen and oxygen atoms in total. The molecule has 3 heterocycles. The minimum absolute atomic E-state index is 0.146. The number of fused-ring (bicyclic) bond motifs is 1. The molecule has 4 rings (SSSR count). The molecule has 1 aromatic carbocycles. The second-order valence-corrected chi connectivity index (χ2v) is 9.14. The standard InChI is InChI=1S/C22H32N4O2S/c1-29-15-5-11-23-21(27)17-6-4-12-26(16-17)18-9-13-25(14-10-18)22-24-19-7-2-3-8-20(19)28-22/h2-3,7-8,17-18H,4-6,9-16H2,1H3,(H,23,27). The lowest BCUT2D eigenvalue weighted by molar-refractivity contribution is -0.127. The number of hydrogen-bond acceptors (Lipinski definition) is 6. The highest BCUT2D eigenvalue weighted by Gasteiger charge is 2.32. The maximum absolute atomic E-state index is 12.5. The number of benzene rings is 1. The number of aromatic nitrogens is 1. The van der Waals surface area contributed by atoms with Crippen LogP contribution in [0.2, 0.25) is 0 Å². The Labute approximate surface area is 177 Å². The fourth-order valence-corrected chi connectivity index (χ4v) is 4.98. The summed E-state index contributed by atoms with van der Waals surface area (Å²) in [7, 11) is 0. The van der Waals surface area contributed by atoms with Crippen molar-refractivity contribution in [3.63, 3.8) is 0 Å². The van der Waals surface area contributed by atoms with Gasteiger partial charge in [-0.1, -0.05) is 12.1 Å². The van der Waals surface area contributed by atoms with Gasteiger partial charge in [0.1, 0.15) is 5.52 Å². The quantitative estimate of drug-likeness (QED) is 0.698. The summed E-state index contributed by atoms with van der Waals surface area (Å²) >= 11 is 1.83. The maximum Gasteiger partial charge on any atom is 0.298 e. The molecule has 1 unspecified atom stereocenters. The van der Waals surface area contributed by atoms with Crippen molar-refractivity contribution in [3.8, 4) is 0 Å². The molecule has 0 saturated carbocycles. The summed E-state index contributed by atoms with van der Waals surface area (Å²) in [5.41, 5.74) is 1.78. The van der Waals surface area contributed by atoms with Crippen molar-refractivity contribution < 1.29 is 9.21 Å². The maximum atomic E-state index is 12.5. The van der Waals surface area contributed by atoms with E-state index in [9.17, 15) is 4.79 Å². The van der Waals surface area contributed by atoms with Gasteiger partial charge in [-0.25, -0.2) is 0 Å². The van der Waals surface area contributed by atoms with Gasteiger partial charge in [0, 0.05) is 32.2 Å². The predicted octanol–water partition coefficient (Wildman–Crippen LogP) is 3.38. The second-order valence-electron chi connectivity index (χ2n) is 8.15. The number of nitrogens with zero attached hydrogens (tertiary/aromatic N) is 3.